The standard InChI is InChI=1S/C18H22N4O3/c1-2-22-15(7-8-19-22)14-4-3-9-21(14)18(23)20-13-5-6-16-17(12-13)25-11-10-24-16/h5-8,12,14H,2-4,9-11H2,1H3,(H,20,23)/t14-/m0/s1. The van der Waals surface area contributed by atoms with Crippen molar-refractivity contribution in [1.29, 1.82) is 0 Å². The Morgan fingerprint density at radius 2 is 2.12 bits per heavy atom. The first-order valence-electron chi connectivity index (χ1n) is 8.75. The molecule has 1 fully saturated rings. The number of nitrogens with zero attached hydrogens (tertiary/aromatic N) is 3. The Hall–Kier alpha value is -2.70. The minimum atomic E-state index is -0.0944. The number of hydrogen-bond donors (Lipinski definition) is 1. The Balaban J connectivity index is 1.50. The van der Waals surface area contributed by atoms with Crippen molar-refractivity contribution in [3.8, 4) is 11.5 Å². The van der Waals surface area contributed by atoms with Crippen LogP contribution in [0.1, 0.15) is 31.5 Å². The maximum atomic E-state index is 12.8. The fraction of sp³-hybridized carbons (Fsp3) is 0.444. The lowest BCUT2D eigenvalue weighted by Gasteiger charge is -2.26. The van der Waals surface area contributed by atoms with Gasteiger partial charge in [0.2, 0.25) is 0 Å². The van der Waals surface area contributed by atoms with Gasteiger partial charge in [0.25, 0.3) is 0 Å². The number of benzene rings is 1. The van der Waals surface area contributed by atoms with Crippen molar-refractivity contribution in [2.75, 3.05) is 25.1 Å². The Bertz CT molecular complexity index is 773. The number of fused-ring (bicyclic) bond motifs is 1. The predicted octanol–water partition coefficient (Wildman–Crippen LogP) is 3.04. The zero-order valence-corrected chi connectivity index (χ0v) is 14.3. The highest BCUT2D eigenvalue weighted by Gasteiger charge is 2.32. The third-order valence-electron chi connectivity index (χ3n) is 4.70. The van der Waals surface area contributed by atoms with Gasteiger partial charge in [0.05, 0.1) is 11.7 Å². The number of ether oxygens (including phenoxy) is 2. The van der Waals surface area contributed by atoms with E-state index in [4.69, 9.17) is 9.47 Å². The lowest BCUT2D eigenvalue weighted by molar-refractivity contribution is 0.171. The largest absolute Gasteiger partial charge is 0.486 e. The molecule has 2 aliphatic rings. The number of amides is 2. The third-order valence-corrected chi connectivity index (χ3v) is 4.70. The molecule has 1 aromatic heterocycles. The van der Waals surface area contributed by atoms with E-state index >= 15 is 0 Å². The van der Waals surface area contributed by atoms with Crippen LogP contribution in [0.4, 0.5) is 10.5 Å². The van der Waals surface area contributed by atoms with Crippen LogP contribution in [0.25, 0.3) is 0 Å². The lowest BCUT2D eigenvalue weighted by atomic mass is 10.1. The van der Waals surface area contributed by atoms with E-state index in [-0.39, 0.29) is 12.1 Å². The summed E-state index contributed by atoms with van der Waals surface area (Å²) in [6.45, 7) is 4.69. The van der Waals surface area contributed by atoms with Crippen LogP contribution < -0.4 is 14.8 Å². The lowest BCUT2D eigenvalue weighted by Crippen LogP contribution is -2.35. The summed E-state index contributed by atoms with van der Waals surface area (Å²) in [6, 6.07) is 7.46. The molecule has 132 valence electrons. The molecule has 2 amide bonds. The summed E-state index contributed by atoms with van der Waals surface area (Å²) < 4.78 is 13.1. The van der Waals surface area contributed by atoms with E-state index in [1.165, 1.54) is 0 Å². The molecule has 1 saturated heterocycles. The molecule has 0 aliphatic carbocycles. The van der Waals surface area contributed by atoms with Gasteiger partial charge in [-0.2, -0.15) is 5.10 Å². The summed E-state index contributed by atoms with van der Waals surface area (Å²) in [5.74, 6) is 1.39. The molecule has 2 aliphatic heterocycles. The molecule has 1 atom stereocenters. The molecule has 0 spiro atoms. The Kier molecular flexibility index (Phi) is 4.21. The molecule has 0 radical (unpaired) electrons. The molecule has 4 rings (SSSR count). The zero-order chi connectivity index (χ0) is 17.2. The number of urea groups is 1. The molecule has 0 saturated carbocycles. The van der Waals surface area contributed by atoms with Crippen molar-refractivity contribution in [2.24, 2.45) is 0 Å². The molecule has 25 heavy (non-hydrogen) atoms. The molecule has 0 bridgehead atoms. The number of aryl methyl sites for hydroxylation is 1. The van der Waals surface area contributed by atoms with Gasteiger partial charge in [-0.25, -0.2) is 4.79 Å². The van der Waals surface area contributed by atoms with Crippen LogP contribution in [-0.4, -0.2) is 40.5 Å². The summed E-state index contributed by atoms with van der Waals surface area (Å²) in [4.78, 5) is 14.7. The number of aromatic nitrogens is 2. The summed E-state index contributed by atoms with van der Waals surface area (Å²) in [5.41, 5.74) is 1.81. The summed E-state index contributed by atoms with van der Waals surface area (Å²) in [7, 11) is 0. The van der Waals surface area contributed by atoms with E-state index in [0.717, 1.165) is 37.4 Å². The van der Waals surface area contributed by atoms with Gasteiger partial charge in [0.15, 0.2) is 11.5 Å². The van der Waals surface area contributed by atoms with Gasteiger partial charge in [-0.1, -0.05) is 0 Å². The average Bonchev–Trinajstić information content (AvgIpc) is 3.30. The first-order chi connectivity index (χ1) is 12.3. The van der Waals surface area contributed by atoms with Crippen LogP contribution in [0.5, 0.6) is 11.5 Å². The fourth-order valence-corrected chi connectivity index (χ4v) is 3.52. The quantitative estimate of drug-likeness (QED) is 0.931. The van der Waals surface area contributed by atoms with Gasteiger partial charge in [0.1, 0.15) is 13.2 Å². The molecule has 0 unspecified atom stereocenters. The van der Waals surface area contributed by atoms with Crippen molar-refractivity contribution >= 4 is 11.7 Å². The molecule has 7 nitrogen and oxygen atoms in total. The van der Waals surface area contributed by atoms with Crippen molar-refractivity contribution in [1.82, 2.24) is 14.7 Å². The number of carbonyl (C=O) groups excluding carboxylic acids is 1. The van der Waals surface area contributed by atoms with E-state index in [1.807, 2.05) is 33.8 Å². The van der Waals surface area contributed by atoms with Crippen molar-refractivity contribution < 1.29 is 14.3 Å². The third kappa shape index (κ3) is 3.01. The van der Waals surface area contributed by atoms with Gasteiger partial charge in [-0.3, -0.25) is 4.68 Å². The highest BCUT2D eigenvalue weighted by atomic mass is 16.6. The predicted molar refractivity (Wildman–Crippen MR) is 93.0 cm³/mol. The van der Waals surface area contributed by atoms with Gasteiger partial charge in [0, 0.05) is 31.0 Å². The van der Waals surface area contributed by atoms with Crippen LogP contribution in [0.2, 0.25) is 0 Å². The summed E-state index contributed by atoms with van der Waals surface area (Å²) >= 11 is 0. The Morgan fingerprint density at radius 1 is 1.28 bits per heavy atom. The topological polar surface area (TPSA) is 68.6 Å². The number of rotatable bonds is 3. The van der Waals surface area contributed by atoms with E-state index in [1.54, 1.807) is 6.20 Å². The molecule has 7 heteroatoms. The van der Waals surface area contributed by atoms with Crippen LogP contribution in [0.3, 0.4) is 0 Å². The first-order valence-corrected chi connectivity index (χ1v) is 8.75. The Morgan fingerprint density at radius 3 is 2.96 bits per heavy atom. The minimum Gasteiger partial charge on any atom is -0.486 e. The SMILES string of the molecule is CCn1nccc1[C@@H]1CCCN1C(=O)Nc1ccc2c(c1)OCCO2. The fourth-order valence-electron chi connectivity index (χ4n) is 3.52. The summed E-state index contributed by atoms with van der Waals surface area (Å²) in [6.07, 6.45) is 3.75. The molecule has 1 aromatic carbocycles. The van der Waals surface area contributed by atoms with Crippen LogP contribution in [0, 0.1) is 0 Å². The maximum Gasteiger partial charge on any atom is 0.322 e. The zero-order valence-electron chi connectivity index (χ0n) is 14.3. The van der Waals surface area contributed by atoms with E-state index in [0.29, 0.717) is 24.7 Å². The molecule has 3 heterocycles. The second-order valence-electron chi connectivity index (χ2n) is 6.21. The first kappa shape index (κ1) is 15.8. The van der Waals surface area contributed by atoms with E-state index < -0.39 is 0 Å². The number of likely N-dealkylation sites (tertiary alicyclic amines) is 1. The number of anilines is 1. The second kappa shape index (κ2) is 6.66. The normalized spacial score (nSPS) is 19.1. The summed E-state index contributed by atoms with van der Waals surface area (Å²) in [5, 5.41) is 7.32. The minimum absolute atomic E-state index is 0.0691. The van der Waals surface area contributed by atoms with Crippen molar-refractivity contribution in [2.45, 2.75) is 32.4 Å². The second-order valence-corrected chi connectivity index (χ2v) is 6.21. The van der Waals surface area contributed by atoms with Crippen LogP contribution in [-0.2, 0) is 6.54 Å². The monoisotopic (exact) mass is 342 g/mol. The smallest absolute Gasteiger partial charge is 0.322 e. The number of hydrogen-bond acceptors (Lipinski definition) is 4. The van der Waals surface area contributed by atoms with Crippen LogP contribution >= 0.6 is 0 Å². The average molecular weight is 342 g/mol. The van der Waals surface area contributed by atoms with Gasteiger partial charge < -0.3 is 19.7 Å². The highest BCUT2D eigenvalue weighted by molar-refractivity contribution is 5.90. The molecular weight excluding hydrogens is 320 g/mol. The van der Waals surface area contributed by atoms with Crippen molar-refractivity contribution in [3.05, 3.63) is 36.2 Å². The van der Waals surface area contributed by atoms with E-state index in [2.05, 4.69) is 17.3 Å². The van der Waals surface area contributed by atoms with Gasteiger partial charge >= 0.3 is 6.03 Å². The Labute approximate surface area is 146 Å². The molecular formula is C18H22N4O3. The molecule has 2 aromatic rings. The van der Waals surface area contributed by atoms with Gasteiger partial charge in [-0.15, -0.1) is 0 Å². The van der Waals surface area contributed by atoms with Crippen LogP contribution in [0.15, 0.2) is 30.5 Å². The van der Waals surface area contributed by atoms with E-state index in [9.17, 15) is 4.79 Å². The number of nitrogens with one attached hydrogen (secondary N) is 1. The maximum absolute atomic E-state index is 12.8. The molecule has 1 N–H and O–H groups in total. The van der Waals surface area contributed by atoms with Crippen molar-refractivity contribution in [3.63, 3.8) is 0 Å². The van der Waals surface area contributed by atoms with Gasteiger partial charge in [-0.05, 0) is 38.0 Å². The number of carbonyl (C=O) groups is 1. The highest BCUT2D eigenvalue weighted by Crippen LogP contribution is 2.34.